The van der Waals surface area contributed by atoms with Gasteiger partial charge in [0, 0.05) is 41.6 Å². The first kappa shape index (κ1) is 22.0. The predicted octanol–water partition coefficient (Wildman–Crippen LogP) is 4.06. The molecule has 0 saturated carbocycles. The third-order valence-corrected chi connectivity index (χ3v) is 5.02. The Hall–Kier alpha value is -3.73. The van der Waals surface area contributed by atoms with Crippen molar-refractivity contribution in [1.29, 1.82) is 0 Å². The highest BCUT2D eigenvalue weighted by Gasteiger charge is 2.15. The summed E-state index contributed by atoms with van der Waals surface area (Å²) in [5.74, 6) is -2.98. The van der Waals surface area contributed by atoms with Gasteiger partial charge >= 0.3 is 0 Å². The number of nitro groups is 1. The normalized spacial score (nSPS) is 10.5. The van der Waals surface area contributed by atoms with Crippen LogP contribution in [0.5, 0.6) is 0 Å². The quantitative estimate of drug-likeness (QED) is 0.420. The number of amides is 2. The molecule has 2 aromatic carbocycles. The first-order valence-corrected chi connectivity index (χ1v) is 9.86. The minimum atomic E-state index is -0.992. The van der Waals surface area contributed by atoms with E-state index in [1.807, 2.05) is 0 Å². The van der Waals surface area contributed by atoms with Gasteiger partial charge in [-0.1, -0.05) is 12.1 Å². The topological polar surface area (TPSA) is 114 Å². The van der Waals surface area contributed by atoms with Crippen LogP contribution in [-0.4, -0.2) is 28.3 Å². The molecule has 0 fully saturated rings. The summed E-state index contributed by atoms with van der Waals surface area (Å²) in [6.45, 7) is 1.57. The summed E-state index contributed by atoms with van der Waals surface area (Å²) in [4.78, 5) is 38.9. The van der Waals surface area contributed by atoms with Gasteiger partial charge in [-0.25, -0.2) is 13.8 Å². The fourth-order valence-corrected chi connectivity index (χ4v) is 3.41. The zero-order chi connectivity index (χ0) is 22.5. The number of thiazole rings is 1. The van der Waals surface area contributed by atoms with Crippen LogP contribution in [0.2, 0.25) is 0 Å². The molecule has 0 radical (unpaired) electrons. The Morgan fingerprint density at radius 2 is 1.97 bits per heavy atom. The summed E-state index contributed by atoms with van der Waals surface area (Å²) in [5.41, 5.74) is 1.20. The SMILES string of the molecule is Cc1ccc(-c2csc(NC(=O)CCNC(=O)c3ccc(F)cc3F)n2)cc1[N+](=O)[O-]. The number of aryl methyl sites for hydroxylation is 1. The molecule has 0 aliphatic carbocycles. The molecule has 2 N–H and O–H groups in total. The molecule has 0 unspecified atom stereocenters. The zero-order valence-electron chi connectivity index (χ0n) is 16.1. The van der Waals surface area contributed by atoms with Gasteiger partial charge in [-0.2, -0.15) is 0 Å². The number of nitro benzene ring substituents is 1. The number of hydrogen-bond donors (Lipinski definition) is 2. The van der Waals surface area contributed by atoms with Gasteiger partial charge in [0.05, 0.1) is 16.2 Å². The van der Waals surface area contributed by atoms with Crippen molar-refractivity contribution < 1.29 is 23.3 Å². The number of rotatable bonds is 7. The Morgan fingerprint density at radius 1 is 1.19 bits per heavy atom. The molecule has 8 nitrogen and oxygen atoms in total. The van der Waals surface area contributed by atoms with E-state index in [-0.39, 0.29) is 24.2 Å². The Labute approximate surface area is 179 Å². The van der Waals surface area contributed by atoms with Gasteiger partial charge in [0.1, 0.15) is 11.6 Å². The Bertz CT molecular complexity index is 1170. The van der Waals surface area contributed by atoms with Crippen LogP contribution in [0.15, 0.2) is 41.8 Å². The highest BCUT2D eigenvalue weighted by molar-refractivity contribution is 7.14. The number of anilines is 1. The van der Waals surface area contributed by atoms with Crippen molar-refractivity contribution in [2.24, 2.45) is 0 Å². The minimum Gasteiger partial charge on any atom is -0.351 e. The van der Waals surface area contributed by atoms with Crippen LogP contribution >= 0.6 is 11.3 Å². The fraction of sp³-hybridized carbons (Fsp3) is 0.150. The lowest BCUT2D eigenvalue weighted by Gasteiger charge is -2.06. The highest BCUT2D eigenvalue weighted by atomic mass is 32.1. The second-order valence-electron chi connectivity index (χ2n) is 6.47. The van der Waals surface area contributed by atoms with Crippen LogP contribution in [-0.2, 0) is 4.79 Å². The summed E-state index contributed by atoms with van der Waals surface area (Å²) in [6.07, 6.45) is -0.0977. The first-order chi connectivity index (χ1) is 14.7. The molecule has 11 heteroatoms. The van der Waals surface area contributed by atoms with Crippen LogP contribution < -0.4 is 10.6 Å². The van der Waals surface area contributed by atoms with Crippen molar-refractivity contribution in [1.82, 2.24) is 10.3 Å². The Kier molecular flexibility index (Phi) is 6.65. The van der Waals surface area contributed by atoms with E-state index in [0.717, 1.165) is 23.5 Å². The smallest absolute Gasteiger partial charge is 0.272 e. The van der Waals surface area contributed by atoms with Crippen molar-refractivity contribution in [2.75, 3.05) is 11.9 Å². The van der Waals surface area contributed by atoms with Gasteiger partial charge < -0.3 is 10.6 Å². The second kappa shape index (κ2) is 9.39. The van der Waals surface area contributed by atoms with Crippen molar-refractivity contribution >= 4 is 34.0 Å². The molecule has 3 rings (SSSR count). The average molecular weight is 446 g/mol. The summed E-state index contributed by atoms with van der Waals surface area (Å²) >= 11 is 1.15. The molecule has 0 aliphatic rings. The maximum absolute atomic E-state index is 13.6. The lowest BCUT2D eigenvalue weighted by Crippen LogP contribution is -2.28. The molecule has 0 saturated heterocycles. The first-order valence-electron chi connectivity index (χ1n) is 8.98. The van der Waals surface area contributed by atoms with Crippen LogP contribution in [0.4, 0.5) is 19.6 Å². The summed E-state index contributed by atoms with van der Waals surface area (Å²) in [7, 11) is 0. The van der Waals surface area contributed by atoms with E-state index in [0.29, 0.717) is 28.0 Å². The van der Waals surface area contributed by atoms with Gasteiger partial charge in [0.25, 0.3) is 11.6 Å². The van der Waals surface area contributed by atoms with E-state index in [2.05, 4.69) is 15.6 Å². The van der Waals surface area contributed by atoms with Crippen molar-refractivity contribution in [2.45, 2.75) is 13.3 Å². The largest absolute Gasteiger partial charge is 0.351 e. The van der Waals surface area contributed by atoms with E-state index in [4.69, 9.17) is 0 Å². The van der Waals surface area contributed by atoms with Crippen molar-refractivity contribution in [3.63, 3.8) is 0 Å². The fourth-order valence-electron chi connectivity index (χ4n) is 2.67. The summed E-state index contributed by atoms with van der Waals surface area (Å²) in [5, 5.41) is 18.0. The molecule has 3 aromatic rings. The Balaban J connectivity index is 1.55. The molecule has 0 spiro atoms. The number of benzene rings is 2. The number of carbonyl (C=O) groups excluding carboxylic acids is 2. The lowest BCUT2D eigenvalue weighted by molar-refractivity contribution is -0.385. The zero-order valence-corrected chi connectivity index (χ0v) is 17.0. The van der Waals surface area contributed by atoms with E-state index in [1.165, 1.54) is 6.07 Å². The second-order valence-corrected chi connectivity index (χ2v) is 7.33. The van der Waals surface area contributed by atoms with E-state index >= 15 is 0 Å². The molecule has 0 bridgehead atoms. The van der Waals surface area contributed by atoms with Gasteiger partial charge in [-0.15, -0.1) is 11.3 Å². The van der Waals surface area contributed by atoms with Crippen molar-refractivity contribution in [3.05, 3.63) is 74.7 Å². The molecule has 31 heavy (non-hydrogen) atoms. The molecular formula is C20H16F2N4O4S. The van der Waals surface area contributed by atoms with Crippen LogP contribution in [0.25, 0.3) is 11.3 Å². The van der Waals surface area contributed by atoms with Crippen molar-refractivity contribution in [3.8, 4) is 11.3 Å². The predicted molar refractivity (Wildman–Crippen MR) is 111 cm³/mol. The minimum absolute atomic E-state index is 0.0237. The lowest BCUT2D eigenvalue weighted by atomic mass is 10.1. The van der Waals surface area contributed by atoms with Gasteiger partial charge in [0.2, 0.25) is 5.91 Å². The number of nitrogens with one attached hydrogen (secondary N) is 2. The standard InChI is InChI=1S/C20H16F2N4O4S/c1-11-2-3-12(8-17(11)26(29)30)16-10-31-20(24-16)25-18(27)6-7-23-19(28)14-5-4-13(21)9-15(14)22/h2-5,8-10H,6-7H2,1H3,(H,23,28)(H,24,25,27). The van der Waals surface area contributed by atoms with Crippen LogP contribution in [0.3, 0.4) is 0 Å². The summed E-state index contributed by atoms with van der Waals surface area (Å²) in [6, 6.07) is 7.33. The van der Waals surface area contributed by atoms with Gasteiger partial charge in [-0.3, -0.25) is 19.7 Å². The summed E-state index contributed by atoms with van der Waals surface area (Å²) < 4.78 is 26.5. The average Bonchev–Trinajstić information content (AvgIpc) is 3.16. The third kappa shape index (κ3) is 5.45. The maximum Gasteiger partial charge on any atom is 0.272 e. The number of halogens is 2. The number of nitrogens with zero attached hydrogens (tertiary/aromatic N) is 2. The number of hydrogen-bond acceptors (Lipinski definition) is 6. The molecule has 0 atom stereocenters. The monoisotopic (exact) mass is 446 g/mol. The van der Waals surface area contributed by atoms with E-state index in [1.54, 1.807) is 24.4 Å². The molecule has 160 valence electrons. The maximum atomic E-state index is 13.6. The number of carbonyl (C=O) groups is 2. The van der Waals surface area contributed by atoms with E-state index < -0.39 is 28.4 Å². The van der Waals surface area contributed by atoms with Gasteiger partial charge in [-0.05, 0) is 19.1 Å². The highest BCUT2D eigenvalue weighted by Crippen LogP contribution is 2.29. The third-order valence-electron chi connectivity index (χ3n) is 4.27. The Morgan fingerprint density at radius 3 is 2.68 bits per heavy atom. The molecule has 1 heterocycles. The van der Waals surface area contributed by atoms with E-state index in [9.17, 15) is 28.5 Å². The molecule has 1 aromatic heterocycles. The molecule has 2 amide bonds. The molecule has 0 aliphatic heterocycles. The van der Waals surface area contributed by atoms with Crippen LogP contribution in [0.1, 0.15) is 22.3 Å². The van der Waals surface area contributed by atoms with Gasteiger partial charge in [0.15, 0.2) is 5.13 Å². The molecular weight excluding hydrogens is 430 g/mol. The number of aromatic nitrogens is 1. The van der Waals surface area contributed by atoms with Crippen LogP contribution in [0, 0.1) is 28.7 Å².